The van der Waals surface area contributed by atoms with Crippen LogP contribution in [0, 0.1) is 6.92 Å². The Morgan fingerprint density at radius 3 is 2.35 bits per heavy atom. The highest BCUT2D eigenvalue weighted by Gasteiger charge is 2.10. The van der Waals surface area contributed by atoms with E-state index in [1.54, 1.807) is 11.8 Å². The monoisotopic (exact) mass is 271 g/mol. The quantitative estimate of drug-likeness (QED) is 0.634. The molecule has 0 unspecified atom stereocenters. The Hall–Kier alpha value is -2.43. The Balaban J connectivity index is 2.22. The van der Waals surface area contributed by atoms with Crippen LogP contribution in [0.4, 0.5) is 17.2 Å². The van der Waals surface area contributed by atoms with Gasteiger partial charge < -0.3 is 9.74 Å². The van der Waals surface area contributed by atoms with Gasteiger partial charge in [-0.05, 0) is 52.7 Å². The average Bonchev–Trinajstić information content (AvgIpc) is 2.45. The van der Waals surface area contributed by atoms with Crippen LogP contribution in [0.2, 0.25) is 0 Å². The molecule has 0 aliphatic carbocycles. The average molecular weight is 271 g/mol. The first kappa shape index (κ1) is 14.0. The highest BCUT2D eigenvalue weighted by Crippen LogP contribution is 2.20. The van der Waals surface area contributed by atoms with Crippen LogP contribution in [-0.2, 0) is 0 Å². The summed E-state index contributed by atoms with van der Waals surface area (Å²) in [4.78, 5) is 7.24. The molecule has 5 heteroatoms. The summed E-state index contributed by atoms with van der Waals surface area (Å²) in [6, 6.07) is 11.8. The summed E-state index contributed by atoms with van der Waals surface area (Å²) in [5.74, 6) is 0.657. The predicted octanol–water partition coefficient (Wildman–Crippen LogP) is 2.82. The number of aryl methyl sites for hydroxylation is 1. The number of benzene rings is 1. The van der Waals surface area contributed by atoms with E-state index in [9.17, 15) is 0 Å². The summed E-state index contributed by atoms with van der Waals surface area (Å²) in [5.41, 5.74) is 3.04. The van der Waals surface area contributed by atoms with E-state index in [1.807, 2.05) is 68.5 Å². The smallest absolute Gasteiger partial charge is 0.378 e. The minimum atomic E-state index is 0.657. The van der Waals surface area contributed by atoms with Gasteiger partial charge in [0.15, 0.2) is 0 Å². The van der Waals surface area contributed by atoms with Crippen molar-refractivity contribution in [3.05, 3.63) is 48.2 Å². The van der Waals surface area contributed by atoms with Gasteiger partial charge in [0.2, 0.25) is 0 Å². The highest BCUT2D eigenvalue weighted by atomic mass is 16.6. The fraction of sp³-hybridized carbons (Fsp3) is 0.267. The molecule has 0 radical (unpaired) electrons. The second-order valence-corrected chi connectivity index (χ2v) is 4.68. The molecular weight excluding hydrogens is 252 g/mol. The number of aromatic nitrogens is 1. The number of rotatable bonds is 4. The van der Waals surface area contributed by atoms with E-state index in [0.29, 0.717) is 5.82 Å². The van der Waals surface area contributed by atoms with E-state index in [0.717, 1.165) is 16.9 Å². The lowest BCUT2D eigenvalue weighted by Crippen LogP contribution is -2.40. The van der Waals surface area contributed by atoms with Crippen molar-refractivity contribution in [2.24, 2.45) is 10.2 Å². The standard InChI is InChI=1S/C15H19N4O/c1-12-9-10-19(20-4)15(11-12)17-16-13-5-7-14(8-6-13)18(2)3/h5-11H,1-4H3/q+1. The summed E-state index contributed by atoms with van der Waals surface area (Å²) in [6.45, 7) is 2.00. The van der Waals surface area contributed by atoms with Gasteiger partial charge in [0.05, 0.1) is 5.11 Å². The molecule has 104 valence electrons. The van der Waals surface area contributed by atoms with Crippen LogP contribution in [-0.4, -0.2) is 21.2 Å². The van der Waals surface area contributed by atoms with Crippen LogP contribution >= 0.6 is 0 Å². The molecule has 0 amide bonds. The van der Waals surface area contributed by atoms with Gasteiger partial charge in [0.25, 0.3) is 0 Å². The zero-order valence-electron chi connectivity index (χ0n) is 12.2. The normalized spacial score (nSPS) is 10.8. The maximum absolute atomic E-state index is 5.20. The molecule has 0 aliphatic heterocycles. The van der Waals surface area contributed by atoms with Gasteiger partial charge in [-0.25, -0.2) is 0 Å². The summed E-state index contributed by atoms with van der Waals surface area (Å²) in [5, 5.41) is 8.46. The lowest BCUT2D eigenvalue weighted by Gasteiger charge is -2.11. The Morgan fingerprint density at radius 1 is 1.05 bits per heavy atom. The fourth-order valence-corrected chi connectivity index (χ4v) is 1.73. The minimum absolute atomic E-state index is 0.657. The molecular formula is C15H19N4O+. The molecule has 1 heterocycles. The maximum atomic E-state index is 5.20. The first-order valence-electron chi connectivity index (χ1n) is 6.36. The zero-order valence-corrected chi connectivity index (χ0v) is 12.2. The lowest BCUT2D eigenvalue weighted by atomic mass is 10.3. The maximum Gasteiger partial charge on any atom is 0.389 e. The predicted molar refractivity (Wildman–Crippen MR) is 78.8 cm³/mol. The molecule has 20 heavy (non-hydrogen) atoms. The largest absolute Gasteiger partial charge is 0.389 e. The first-order chi connectivity index (χ1) is 9.60. The second-order valence-electron chi connectivity index (χ2n) is 4.68. The van der Waals surface area contributed by atoms with Crippen LogP contribution in [0.15, 0.2) is 52.8 Å². The van der Waals surface area contributed by atoms with Crippen molar-refractivity contribution in [3.8, 4) is 0 Å². The van der Waals surface area contributed by atoms with Gasteiger partial charge in [-0.2, -0.15) is 0 Å². The van der Waals surface area contributed by atoms with Gasteiger partial charge in [0, 0.05) is 25.8 Å². The SMILES string of the molecule is CO[n+]1ccc(C)cc1N=Nc1ccc(N(C)C)cc1. The Labute approximate surface area is 119 Å². The van der Waals surface area contributed by atoms with Gasteiger partial charge in [-0.1, -0.05) is 0 Å². The van der Waals surface area contributed by atoms with Crippen molar-refractivity contribution in [1.29, 1.82) is 0 Å². The van der Waals surface area contributed by atoms with Gasteiger partial charge in [-0.15, -0.1) is 0 Å². The molecule has 0 spiro atoms. The number of anilines is 1. The van der Waals surface area contributed by atoms with Crippen LogP contribution in [0.5, 0.6) is 0 Å². The van der Waals surface area contributed by atoms with E-state index >= 15 is 0 Å². The summed E-state index contributed by atoms with van der Waals surface area (Å²) >= 11 is 0. The topological polar surface area (TPSA) is 41.1 Å². The second kappa shape index (κ2) is 6.14. The number of hydrogen-bond donors (Lipinski definition) is 0. The van der Waals surface area contributed by atoms with Crippen LogP contribution in [0.1, 0.15) is 5.56 Å². The Kier molecular flexibility index (Phi) is 4.30. The number of pyridine rings is 1. The molecule has 1 aromatic carbocycles. The molecule has 2 rings (SSSR count). The van der Waals surface area contributed by atoms with Crippen molar-refractivity contribution in [2.45, 2.75) is 6.92 Å². The van der Waals surface area contributed by atoms with Crippen LogP contribution in [0.25, 0.3) is 0 Å². The molecule has 0 aliphatic rings. The Bertz CT molecular complexity index is 606. The van der Waals surface area contributed by atoms with E-state index in [4.69, 9.17) is 4.84 Å². The fourth-order valence-electron chi connectivity index (χ4n) is 1.73. The molecule has 0 saturated carbocycles. The first-order valence-corrected chi connectivity index (χ1v) is 6.36. The van der Waals surface area contributed by atoms with Crippen molar-refractivity contribution >= 4 is 17.2 Å². The van der Waals surface area contributed by atoms with E-state index in [1.165, 1.54) is 0 Å². The molecule has 0 saturated heterocycles. The number of hydrogen-bond acceptors (Lipinski definition) is 4. The van der Waals surface area contributed by atoms with E-state index in [-0.39, 0.29) is 0 Å². The van der Waals surface area contributed by atoms with Gasteiger partial charge in [-0.3, -0.25) is 0 Å². The minimum Gasteiger partial charge on any atom is -0.378 e. The summed E-state index contributed by atoms with van der Waals surface area (Å²) < 4.78 is 1.57. The van der Waals surface area contributed by atoms with E-state index in [2.05, 4.69) is 10.2 Å². The van der Waals surface area contributed by atoms with Gasteiger partial charge >= 0.3 is 5.82 Å². The molecule has 0 fully saturated rings. The molecule has 5 nitrogen and oxygen atoms in total. The zero-order chi connectivity index (χ0) is 14.5. The van der Waals surface area contributed by atoms with Gasteiger partial charge in [0.1, 0.15) is 19.0 Å². The molecule has 0 atom stereocenters. The molecule has 2 aromatic rings. The molecule has 1 aromatic heterocycles. The number of azo groups is 1. The third-order valence-electron chi connectivity index (χ3n) is 2.89. The third kappa shape index (κ3) is 3.32. The summed E-state index contributed by atoms with van der Waals surface area (Å²) in [6.07, 6.45) is 1.82. The van der Waals surface area contributed by atoms with Crippen LogP contribution in [0.3, 0.4) is 0 Å². The Morgan fingerprint density at radius 2 is 1.75 bits per heavy atom. The van der Waals surface area contributed by atoms with E-state index < -0.39 is 0 Å². The summed E-state index contributed by atoms with van der Waals surface area (Å²) in [7, 11) is 5.61. The number of nitrogens with zero attached hydrogens (tertiary/aromatic N) is 4. The highest BCUT2D eigenvalue weighted by molar-refractivity contribution is 5.51. The lowest BCUT2D eigenvalue weighted by molar-refractivity contribution is -0.875. The third-order valence-corrected chi connectivity index (χ3v) is 2.89. The molecule has 0 N–H and O–H groups in total. The van der Waals surface area contributed by atoms with Crippen molar-refractivity contribution < 1.29 is 9.57 Å². The van der Waals surface area contributed by atoms with Crippen molar-refractivity contribution in [3.63, 3.8) is 0 Å². The van der Waals surface area contributed by atoms with Crippen molar-refractivity contribution in [1.82, 2.24) is 0 Å². The molecule has 0 bridgehead atoms. The van der Waals surface area contributed by atoms with Crippen molar-refractivity contribution in [2.75, 3.05) is 26.1 Å². The van der Waals surface area contributed by atoms with Crippen LogP contribution < -0.4 is 14.5 Å².